The van der Waals surface area contributed by atoms with Crippen molar-refractivity contribution >= 4 is 11.8 Å². The average Bonchev–Trinajstić information content (AvgIpc) is 2.55. The number of hydrogen-bond acceptors (Lipinski definition) is 2. The van der Waals surface area contributed by atoms with Crippen molar-refractivity contribution in [3.63, 3.8) is 0 Å². The average molecular weight is 286 g/mol. The van der Waals surface area contributed by atoms with E-state index < -0.39 is 0 Å². The summed E-state index contributed by atoms with van der Waals surface area (Å²) in [6.07, 6.45) is 2.59. The number of carbonyl (C=O) groups excluding carboxylic acids is 2. The van der Waals surface area contributed by atoms with E-state index in [0.717, 1.165) is 0 Å². The van der Waals surface area contributed by atoms with E-state index in [1.54, 1.807) is 9.80 Å². The van der Waals surface area contributed by atoms with Gasteiger partial charge in [-0.05, 0) is 19.1 Å². The third kappa shape index (κ3) is 5.65. The van der Waals surface area contributed by atoms with Gasteiger partial charge in [-0.3, -0.25) is 9.59 Å². The van der Waals surface area contributed by atoms with Gasteiger partial charge in [-0.2, -0.15) is 0 Å². The molecular weight excluding hydrogens is 264 g/mol. The van der Waals surface area contributed by atoms with Gasteiger partial charge in [0.05, 0.1) is 0 Å². The molecule has 0 N–H and O–H groups in total. The molecule has 1 fully saturated rings. The summed E-state index contributed by atoms with van der Waals surface area (Å²) in [6, 6.07) is 10.3. The van der Waals surface area contributed by atoms with E-state index in [2.05, 4.69) is 32.2 Å². The molecule has 1 aliphatic heterocycles. The Hall–Kier alpha value is -2.36. The lowest BCUT2D eigenvalue weighted by molar-refractivity contribution is -0.134. The van der Waals surface area contributed by atoms with Crippen LogP contribution >= 0.6 is 0 Å². The van der Waals surface area contributed by atoms with Gasteiger partial charge < -0.3 is 9.80 Å². The summed E-state index contributed by atoms with van der Waals surface area (Å²) in [5.74, 6) is -0.147. The van der Waals surface area contributed by atoms with Gasteiger partial charge in [0.15, 0.2) is 0 Å². The van der Waals surface area contributed by atoms with Crippen molar-refractivity contribution in [2.45, 2.75) is 6.92 Å². The first-order valence-corrected chi connectivity index (χ1v) is 6.92. The van der Waals surface area contributed by atoms with Crippen LogP contribution in [0.5, 0.6) is 0 Å². The molecule has 1 heterocycles. The molecule has 4 nitrogen and oxygen atoms in total. The summed E-state index contributed by atoms with van der Waals surface area (Å²) in [4.78, 5) is 25.8. The first-order valence-electron chi connectivity index (χ1n) is 6.92. The molecule has 1 saturated heterocycles. The maximum atomic E-state index is 11.2. The quantitative estimate of drug-likeness (QED) is 0.781. The van der Waals surface area contributed by atoms with E-state index >= 15 is 0 Å². The molecule has 2 rings (SSSR count). The van der Waals surface area contributed by atoms with E-state index in [9.17, 15) is 9.59 Å². The Morgan fingerprint density at radius 2 is 1.29 bits per heavy atom. The standard InChI is InChI=1S/C10H14N2O2.C7H8/c1-3-9(13)11-5-7-12(8-6-11)10(14)4-2;1-7-5-3-2-4-6-7/h3-4H,1-2,5-8H2;2-6H,1H3. The fraction of sp³-hybridized carbons (Fsp3) is 0.294. The second-order valence-corrected chi connectivity index (χ2v) is 4.71. The van der Waals surface area contributed by atoms with Gasteiger partial charge in [0.1, 0.15) is 0 Å². The van der Waals surface area contributed by atoms with Crippen LogP contribution in [0.25, 0.3) is 0 Å². The van der Waals surface area contributed by atoms with Crippen molar-refractivity contribution in [3.8, 4) is 0 Å². The Morgan fingerprint density at radius 1 is 0.905 bits per heavy atom. The predicted octanol–water partition coefficient (Wildman–Crippen LogP) is 2.02. The first-order chi connectivity index (χ1) is 10.1. The van der Waals surface area contributed by atoms with Gasteiger partial charge in [0.25, 0.3) is 0 Å². The van der Waals surface area contributed by atoms with Gasteiger partial charge >= 0.3 is 0 Å². The molecule has 1 aromatic carbocycles. The summed E-state index contributed by atoms with van der Waals surface area (Å²) in [5, 5.41) is 0. The lowest BCUT2D eigenvalue weighted by Gasteiger charge is -2.33. The maximum Gasteiger partial charge on any atom is 0.246 e. The Labute approximate surface area is 126 Å². The molecule has 21 heavy (non-hydrogen) atoms. The minimum Gasteiger partial charge on any atom is -0.336 e. The molecule has 0 aliphatic carbocycles. The molecule has 0 atom stereocenters. The van der Waals surface area contributed by atoms with E-state index in [1.165, 1.54) is 17.7 Å². The van der Waals surface area contributed by atoms with Crippen molar-refractivity contribution in [2.24, 2.45) is 0 Å². The number of amides is 2. The van der Waals surface area contributed by atoms with Crippen molar-refractivity contribution < 1.29 is 9.59 Å². The topological polar surface area (TPSA) is 40.6 Å². The normalized spacial score (nSPS) is 13.8. The zero-order valence-corrected chi connectivity index (χ0v) is 12.5. The molecule has 0 spiro atoms. The summed E-state index contributed by atoms with van der Waals surface area (Å²) in [5.41, 5.74) is 1.32. The van der Waals surface area contributed by atoms with Crippen LogP contribution in [-0.2, 0) is 9.59 Å². The van der Waals surface area contributed by atoms with Gasteiger partial charge in [-0.1, -0.05) is 49.1 Å². The summed E-state index contributed by atoms with van der Waals surface area (Å²) in [6.45, 7) is 11.2. The van der Waals surface area contributed by atoms with Gasteiger partial charge in [-0.15, -0.1) is 0 Å². The third-order valence-corrected chi connectivity index (χ3v) is 3.19. The van der Waals surface area contributed by atoms with Crippen molar-refractivity contribution in [1.82, 2.24) is 9.80 Å². The molecular formula is C17H22N2O2. The van der Waals surface area contributed by atoms with Crippen LogP contribution < -0.4 is 0 Å². The smallest absolute Gasteiger partial charge is 0.246 e. The number of hydrogen-bond donors (Lipinski definition) is 0. The van der Waals surface area contributed by atoms with Crippen LogP contribution in [-0.4, -0.2) is 47.8 Å². The van der Waals surface area contributed by atoms with E-state index in [1.807, 2.05) is 18.2 Å². The monoisotopic (exact) mass is 286 g/mol. The van der Waals surface area contributed by atoms with E-state index in [-0.39, 0.29) is 11.8 Å². The highest BCUT2D eigenvalue weighted by molar-refractivity contribution is 5.88. The van der Waals surface area contributed by atoms with Crippen LogP contribution in [0.1, 0.15) is 5.56 Å². The molecule has 0 unspecified atom stereocenters. The van der Waals surface area contributed by atoms with Crippen molar-refractivity contribution in [1.29, 1.82) is 0 Å². The van der Waals surface area contributed by atoms with E-state index in [4.69, 9.17) is 0 Å². The predicted molar refractivity (Wildman–Crippen MR) is 84.7 cm³/mol. The van der Waals surface area contributed by atoms with Crippen LogP contribution in [0.3, 0.4) is 0 Å². The minimum atomic E-state index is -0.0734. The van der Waals surface area contributed by atoms with Gasteiger partial charge in [0.2, 0.25) is 11.8 Å². The second-order valence-electron chi connectivity index (χ2n) is 4.71. The fourth-order valence-corrected chi connectivity index (χ4v) is 1.94. The highest BCUT2D eigenvalue weighted by Crippen LogP contribution is 2.03. The number of aryl methyl sites for hydroxylation is 1. The Kier molecular flexibility index (Phi) is 6.95. The number of carbonyl (C=O) groups is 2. The number of benzene rings is 1. The second kappa shape index (κ2) is 8.74. The first kappa shape index (κ1) is 16.7. The maximum absolute atomic E-state index is 11.2. The van der Waals surface area contributed by atoms with E-state index in [0.29, 0.717) is 26.2 Å². The molecule has 0 aromatic heterocycles. The highest BCUT2D eigenvalue weighted by atomic mass is 16.2. The third-order valence-electron chi connectivity index (χ3n) is 3.19. The fourth-order valence-electron chi connectivity index (χ4n) is 1.94. The summed E-state index contributed by atoms with van der Waals surface area (Å²) < 4.78 is 0. The van der Waals surface area contributed by atoms with Crippen LogP contribution in [0.4, 0.5) is 0 Å². The summed E-state index contributed by atoms with van der Waals surface area (Å²) in [7, 11) is 0. The zero-order valence-electron chi connectivity index (χ0n) is 12.5. The molecule has 112 valence electrons. The number of nitrogens with zero attached hydrogens (tertiary/aromatic N) is 2. The van der Waals surface area contributed by atoms with Gasteiger partial charge in [0, 0.05) is 26.2 Å². The molecule has 0 radical (unpaired) electrons. The van der Waals surface area contributed by atoms with Crippen molar-refractivity contribution in [2.75, 3.05) is 26.2 Å². The Balaban J connectivity index is 0.000000262. The lowest BCUT2D eigenvalue weighted by atomic mass is 10.2. The van der Waals surface area contributed by atoms with Crippen LogP contribution in [0, 0.1) is 6.92 Å². The summed E-state index contributed by atoms with van der Waals surface area (Å²) >= 11 is 0. The number of rotatable bonds is 2. The molecule has 2 amide bonds. The minimum absolute atomic E-state index is 0.0734. The SMILES string of the molecule is C=CC(=O)N1CCN(C(=O)C=C)CC1.Cc1ccccc1. The molecule has 1 aromatic rings. The molecule has 0 saturated carbocycles. The lowest BCUT2D eigenvalue weighted by Crippen LogP contribution is -2.49. The van der Waals surface area contributed by atoms with Gasteiger partial charge in [-0.25, -0.2) is 0 Å². The number of piperazine rings is 1. The molecule has 0 bridgehead atoms. The molecule has 1 aliphatic rings. The molecule has 4 heteroatoms. The Bertz CT molecular complexity index is 461. The zero-order chi connectivity index (χ0) is 15.7. The van der Waals surface area contributed by atoms with Crippen LogP contribution in [0.15, 0.2) is 55.6 Å². The van der Waals surface area contributed by atoms with Crippen LogP contribution in [0.2, 0.25) is 0 Å². The van der Waals surface area contributed by atoms with Crippen molar-refractivity contribution in [3.05, 3.63) is 61.2 Å². The largest absolute Gasteiger partial charge is 0.336 e. The highest BCUT2D eigenvalue weighted by Gasteiger charge is 2.20. The Morgan fingerprint density at radius 3 is 1.52 bits per heavy atom.